The summed E-state index contributed by atoms with van der Waals surface area (Å²) in [6.45, 7) is 5.61. The number of ether oxygens (including phenoxy) is 1. The molecule has 0 aliphatic carbocycles. The Hall–Kier alpha value is -2.88. The van der Waals surface area contributed by atoms with Gasteiger partial charge in [0.1, 0.15) is 5.00 Å². The number of rotatable bonds is 7. The Morgan fingerprint density at radius 2 is 1.66 bits per heavy atom. The Morgan fingerprint density at radius 1 is 1.03 bits per heavy atom. The Morgan fingerprint density at radius 3 is 2.25 bits per heavy atom. The van der Waals surface area contributed by atoms with Crippen LogP contribution in [0, 0.1) is 13.8 Å². The zero-order valence-corrected chi connectivity index (χ0v) is 20.0. The molecule has 1 heterocycles. The third kappa shape index (κ3) is 5.29. The molecule has 0 atom stereocenters. The number of benzene rings is 2. The third-order valence-corrected chi connectivity index (χ3v) is 7.39. The van der Waals surface area contributed by atoms with Crippen LogP contribution in [0.5, 0.6) is 0 Å². The molecular formula is C22H21ClN2O5S2. The van der Waals surface area contributed by atoms with Gasteiger partial charge in [0.2, 0.25) is 0 Å². The number of aryl methyl sites for hydroxylation is 1. The second-order valence-corrected chi connectivity index (χ2v) is 10.1. The van der Waals surface area contributed by atoms with Crippen LogP contribution in [-0.2, 0) is 14.8 Å². The summed E-state index contributed by atoms with van der Waals surface area (Å²) in [5.74, 6) is -0.916. The molecule has 3 aromatic rings. The number of hydrogen-bond acceptors (Lipinski definition) is 6. The maximum absolute atomic E-state index is 12.7. The molecule has 0 unspecified atom stereocenters. The molecule has 7 nitrogen and oxygen atoms in total. The maximum atomic E-state index is 12.7. The minimum Gasteiger partial charge on any atom is -0.462 e. The molecule has 0 fully saturated rings. The lowest BCUT2D eigenvalue weighted by molar-refractivity contribution is 0.0527. The first-order valence-electron chi connectivity index (χ1n) is 9.59. The van der Waals surface area contributed by atoms with Gasteiger partial charge in [0, 0.05) is 21.2 Å². The van der Waals surface area contributed by atoms with Crippen molar-refractivity contribution in [2.45, 2.75) is 25.7 Å². The second kappa shape index (κ2) is 9.72. The Bertz CT molecular complexity index is 1250. The summed E-state index contributed by atoms with van der Waals surface area (Å²) in [5.41, 5.74) is 1.70. The molecule has 0 saturated heterocycles. The van der Waals surface area contributed by atoms with Crippen molar-refractivity contribution < 1.29 is 22.7 Å². The number of thiophene rings is 1. The predicted octanol–water partition coefficient (Wildman–Crippen LogP) is 5.25. The van der Waals surface area contributed by atoms with Crippen LogP contribution in [0.15, 0.2) is 53.4 Å². The molecule has 0 radical (unpaired) electrons. The molecule has 1 amide bonds. The van der Waals surface area contributed by atoms with E-state index in [1.165, 1.54) is 59.9 Å². The van der Waals surface area contributed by atoms with Gasteiger partial charge in [-0.3, -0.25) is 9.52 Å². The van der Waals surface area contributed by atoms with Crippen LogP contribution in [0.25, 0.3) is 0 Å². The van der Waals surface area contributed by atoms with Gasteiger partial charge in [-0.25, -0.2) is 13.2 Å². The summed E-state index contributed by atoms with van der Waals surface area (Å²) in [7, 11) is -3.79. The smallest absolute Gasteiger partial charge is 0.341 e. The van der Waals surface area contributed by atoms with Crippen molar-refractivity contribution in [3.8, 4) is 0 Å². The van der Waals surface area contributed by atoms with Gasteiger partial charge in [0.25, 0.3) is 15.9 Å². The average Bonchev–Trinajstić information content (AvgIpc) is 3.02. The van der Waals surface area contributed by atoms with Gasteiger partial charge in [-0.1, -0.05) is 11.6 Å². The van der Waals surface area contributed by atoms with Crippen molar-refractivity contribution in [2.75, 3.05) is 16.6 Å². The predicted molar refractivity (Wildman–Crippen MR) is 126 cm³/mol. The normalized spacial score (nSPS) is 11.1. The number of esters is 1. The van der Waals surface area contributed by atoms with E-state index in [-0.39, 0.29) is 11.5 Å². The first-order chi connectivity index (χ1) is 15.1. The van der Waals surface area contributed by atoms with E-state index >= 15 is 0 Å². The van der Waals surface area contributed by atoms with Gasteiger partial charge < -0.3 is 10.1 Å². The lowest BCUT2D eigenvalue weighted by Gasteiger charge is -2.10. The number of nitrogens with one attached hydrogen (secondary N) is 2. The van der Waals surface area contributed by atoms with Gasteiger partial charge in [0.05, 0.1) is 17.1 Å². The van der Waals surface area contributed by atoms with Crippen LogP contribution in [-0.4, -0.2) is 26.9 Å². The van der Waals surface area contributed by atoms with E-state index < -0.39 is 21.9 Å². The molecule has 32 heavy (non-hydrogen) atoms. The number of carbonyl (C=O) groups excluding carboxylic acids is 2. The highest BCUT2D eigenvalue weighted by Crippen LogP contribution is 2.33. The first-order valence-corrected chi connectivity index (χ1v) is 12.3. The molecule has 3 rings (SSSR count). The maximum Gasteiger partial charge on any atom is 0.341 e. The van der Waals surface area contributed by atoms with Gasteiger partial charge >= 0.3 is 5.97 Å². The minimum absolute atomic E-state index is 0.0682. The van der Waals surface area contributed by atoms with Crippen molar-refractivity contribution in [1.82, 2.24) is 0 Å². The number of sulfonamides is 1. The fourth-order valence-electron chi connectivity index (χ4n) is 2.86. The van der Waals surface area contributed by atoms with Gasteiger partial charge in [-0.2, -0.15) is 0 Å². The van der Waals surface area contributed by atoms with Crippen molar-refractivity contribution in [3.63, 3.8) is 0 Å². The SMILES string of the molecule is CCOC(=O)c1c(NC(=O)c2ccc(NS(=O)(=O)c3ccc(Cl)cc3)cc2)sc(C)c1C. The fourth-order valence-corrected chi connectivity index (χ4v) is 5.08. The second-order valence-electron chi connectivity index (χ2n) is 6.80. The Balaban J connectivity index is 1.76. The van der Waals surface area contributed by atoms with Crippen LogP contribution in [0.1, 0.15) is 38.1 Å². The molecule has 1 aromatic heterocycles. The molecule has 0 saturated carbocycles. The minimum atomic E-state index is -3.79. The van der Waals surface area contributed by atoms with E-state index in [1.807, 2.05) is 6.92 Å². The Labute approximate surface area is 195 Å². The highest BCUT2D eigenvalue weighted by atomic mass is 35.5. The number of carbonyl (C=O) groups is 2. The molecule has 2 N–H and O–H groups in total. The van der Waals surface area contributed by atoms with Crippen LogP contribution < -0.4 is 10.0 Å². The average molecular weight is 493 g/mol. The van der Waals surface area contributed by atoms with Gasteiger partial charge in [0.15, 0.2) is 0 Å². The molecular weight excluding hydrogens is 472 g/mol. The van der Waals surface area contributed by atoms with Crippen LogP contribution in [0.3, 0.4) is 0 Å². The van der Waals surface area contributed by atoms with Crippen molar-refractivity contribution in [3.05, 3.63) is 75.1 Å². The van der Waals surface area contributed by atoms with Crippen molar-refractivity contribution >= 4 is 55.5 Å². The van der Waals surface area contributed by atoms with E-state index in [0.29, 0.717) is 26.8 Å². The fraction of sp³-hybridized carbons (Fsp3) is 0.182. The molecule has 0 aliphatic rings. The summed E-state index contributed by atoms with van der Waals surface area (Å²) in [6, 6.07) is 11.7. The number of amides is 1. The van der Waals surface area contributed by atoms with E-state index in [9.17, 15) is 18.0 Å². The monoisotopic (exact) mass is 492 g/mol. The van der Waals surface area contributed by atoms with Crippen LogP contribution >= 0.6 is 22.9 Å². The lowest BCUT2D eigenvalue weighted by atomic mass is 10.1. The van der Waals surface area contributed by atoms with E-state index in [2.05, 4.69) is 10.0 Å². The largest absolute Gasteiger partial charge is 0.462 e. The quantitative estimate of drug-likeness (QED) is 0.439. The van der Waals surface area contributed by atoms with E-state index in [0.717, 1.165) is 10.4 Å². The lowest BCUT2D eigenvalue weighted by Crippen LogP contribution is -2.15. The topological polar surface area (TPSA) is 102 Å². The third-order valence-electron chi connectivity index (χ3n) is 4.62. The highest BCUT2D eigenvalue weighted by Gasteiger charge is 2.22. The van der Waals surface area contributed by atoms with E-state index in [1.54, 1.807) is 13.8 Å². The summed E-state index contributed by atoms with van der Waals surface area (Å²) in [6.07, 6.45) is 0. The highest BCUT2D eigenvalue weighted by molar-refractivity contribution is 7.92. The Kier molecular flexibility index (Phi) is 7.22. The summed E-state index contributed by atoms with van der Waals surface area (Å²) >= 11 is 7.10. The molecule has 0 aliphatic heterocycles. The van der Waals surface area contributed by atoms with Crippen LogP contribution in [0.2, 0.25) is 5.02 Å². The first kappa shape index (κ1) is 23.8. The summed E-state index contributed by atoms with van der Waals surface area (Å²) < 4.78 is 32.5. The molecule has 2 aromatic carbocycles. The van der Waals surface area contributed by atoms with Crippen molar-refractivity contribution in [2.24, 2.45) is 0 Å². The number of hydrogen-bond donors (Lipinski definition) is 2. The van der Waals surface area contributed by atoms with Gasteiger partial charge in [-0.05, 0) is 74.9 Å². The molecule has 0 bridgehead atoms. The van der Waals surface area contributed by atoms with Crippen molar-refractivity contribution in [1.29, 1.82) is 0 Å². The summed E-state index contributed by atoms with van der Waals surface area (Å²) in [4.78, 5) is 26.0. The zero-order chi connectivity index (χ0) is 23.5. The molecule has 168 valence electrons. The van der Waals surface area contributed by atoms with Gasteiger partial charge in [-0.15, -0.1) is 11.3 Å². The standard InChI is InChI=1S/C22H21ClN2O5S2/c1-4-30-22(27)19-13(2)14(3)31-21(19)24-20(26)15-5-9-17(10-6-15)25-32(28,29)18-11-7-16(23)8-12-18/h5-12,25H,4H2,1-3H3,(H,24,26). The van der Waals surface area contributed by atoms with Crippen LogP contribution in [0.4, 0.5) is 10.7 Å². The summed E-state index contributed by atoms with van der Waals surface area (Å²) in [5, 5.41) is 3.60. The molecule has 10 heteroatoms. The number of halogens is 1. The number of anilines is 2. The molecule has 0 spiro atoms. The zero-order valence-electron chi connectivity index (χ0n) is 17.6. The van der Waals surface area contributed by atoms with E-state index in [4.69, 9.17) is 16.3 Å².